The summed E-state index contributed by atoms with van der Waals surface area (Å²) in [5.41, 5.74) is 0.882. The monoisotopic (exact) mass is 427 g/mol. The fraction of sp³-hybridized carbons (Fsp3) is 0.176. The Morgan fingerprint density at radius 2 is 1.82 bits per heavy atom. The Bertz CT molecular complexity index is 1150. The summed E-state index contributed by atoms with van der Waals surface area (Å²) in [4.78, 5) is 11.0. The summed E-state index contributed by atoms with van der Waals surface area (Å²) in [7, 11) is -4.05. The molecule has 1 aromatic carbocycles. The fourth-order valence-electron chi connectivity index (χ4n) is 2.65. The number of primary sulfonamides is 1. The zero-order valence-corrected chi connectivity index (χ0v) is 16.4. The van der Waals surface area contributed by atoms with Gasteiger partial charge in [-0.15, -0.1) is 0 Å². The lowest BCUT2D eigenvalue weighted by Crippen LogP contribution is -2.17. The zero-order chi connectivity index (χ0) is 20.6. The molecule has 0 fully saturated rings. The highest BCUT2D eigenvalue weighted by Crippen LogP contribution is 2.29. The molecule has 3 rings (SSSR count). The van der Waals surface area contributed by atoms with Crippen LogP contribution >= 0.6 is 11.6 Å². The minimum Gasteiger partial charge on any atom is -0.356 e. The third-order valence-electron chi connectivity index (χ3n) is 3.99. The number of hydrogen-bond donors (Lipinski definition) is 3. The third-order valence-corrected chi connectivity index (χ3v) is 5.22. The molecular formula is C17H16ClF2N5O2S. The summed E-state index contributed by atoms with van der Waals surface area (Å²) < 4.78 is 50.5. The number of rotatable bonds is 5. The number of halogens is 3. The number of sulfonamides is 1. The predicted molar refractivity (Wildman–Crippen MR) is 101 cm³/mol. The molecule has 148 valence electrons. The van der Waals surface area contributed by atoms with Gasteiger partial charge in [-0.1, -0.05) is 17.7 Å². The average Bonchev–Trinajstić information content (AvgIpc) is 3.00. The molecule has 0 spiro atoms. The largest absolute Gasteiger partial charge is 0.356 e. The second-order valence-corrected chi connectivity index (χ2v) is 8.00. The van der Waals surface area contributed by atoms with E-state index in [1.807, 2.05) is 0 Å². The van der Waals surface area contributed by atoms with Crippen LogP contribution in [0.5, 0.6) is 0 Å². The number of benzene rings is 1. The molecule has 3 aromatic rings. The molecule has 2 heterocycles. The van der Waals surface area contributed by atoms with Crippen molar-refractivity contribution in [1.29, 1.82) is 0 Å². The van der Waals surface area contributed by atoms with Crippen LogP contribution in [0.25, 0.3) is 0 Å². The van der Waals surface area contributed by atoms with E-state index in [-0.39, 0.29) is 27.3 Å². The van der Waals surface area contributed by atoms with Crippen molar-refractivity contribution < 1.29 is 17.2 Å². The Hall–Kier alpha value is -2.56. The number of aromatic amines is 1. The van der Waals surface area contributed by atoms with E-state index in [2.05, 4.69) is 20.3 Å². The van der Waals surface area contributed by atoms with Crippen molar-refractivity contribution in [1.82, 2.24) is 15.0 Å². The van der Waals surface area contributed by atoms with E-state index >= 15 is 0 Å². The Morgan fingerprint density at radius 3 is 2.39 bits per heavy atom. The highest BCUT2D eigenvalue weighted by Gasteiger charge is 2.24. The van der Waals surface area contributed by atoms with Crippen LogP contribution in [0, 0.1) is 25.5 Å². The van der Waals surface area contributed by atoms with Gasteiger partial charge in [0.25, 0.3) is 10.0 Å². The number of imidazole rings is 1. The number of H-pyrrole nitrogens is 1. The molecule has 11 heteroatoms. The van der Waals surface area contributed by atoms with Gasteiger partial charge in [-0.3, -0.25) is 0 Å². The third kappa shape index (κ3) is 4.13. The summed E-state index contributed by atoms with van der Waals surface area (Å²) in [5.74, 6) is -0.596. The van der Waals surface area contributed by atoms with Crippen LogP contribution in [0.2, 0.25) is 5.02 Å². The molecule has 0 saturated carbocycles. The first kappa shape index (κ1) is 20.2. The van der Waals surface area contributed by atoms with Gasteiger partial charge >= 0.3 is 0 Å². The molecule has 0 aliphatic rings. The summed E-state index contributed by atoms with van der Waals surface area (Å²) in [5, 5.41) is 7.78. The quantitative estimate of drug-likeness (QED) is 0.578. The van der Waals surface area contributed by atoms with Crippen molar-refractivity contribution in [3.63, 3.8) is 0 Å². The van der Waals surface area contributed by atoms with Crippen LogP contribution in [0.1, 0.15) is 28.8 Å². The number of nitrogens with two attached hydrogens (primary N) is 1. The van der Waals surface area contributed by atoms with Gasteiger partial charge in [0, 0.05) is 0 Å². The van der Waals surface area contributed by atoms with E-state index in [1.54, 1.807) is 0 Å². The zero-order valence-electron chi connectivity index (χ0n) is 14.8. The standard InChI is InChI=1S/C17H16ClF2N5O2S/c1-8-12(19)5-6-14(22-8)24-15(10-3-4-13(20)11(18)7-10)16-23-9(2)17(25-16)28(21,26)27/h3-7,15H,1-2H3,(H,22,24)(H,23,25)(H2,21,26,27). The molecule has 0 amide bonds. The lowest BCUT2D eigenvalue weighted by atomic mass is 10.1. The normalized spacial score (nSPS) is 12.8. The topological polar surface area (TPSA) is 114 Å². The van der Waals surface area contributed by atoms with Gasteiger partial charge in [-0.05, 0) is 43.7 Å². The van der Waals surface area contributed by atoms with Crippen molar-refractivity contribution in [2.45, 2.75) is 24.9 Å². The summed E-state index contributed by atoms with van der Waals surface area (Å²) >= 11 is 5.89. The van der Waals surface area contributed by atoms with Gasteiger partial charge in [0.15, 0.2) is 5.03 Å². The molecule has 1 unspecified atom stereocenters. The molecule has 0 radical (unpaired) electrons. The second-order valence-electron chi connectivity index (χ2n) is 6.11. The van der Waals surface area contributed by atoms with E-state index in [0.29, 0.717) is 11.4 Å². The van der Waals surface area contributed by atoms with Gasteiger partial charge < -0.3 is 10.3 Å². The summed E-state index contributed by atoms with van der Waals surface area (Å²) in [6.45, 7) is 3.01. The smallest absolute Gasteiger partial charge is 0.257 e. The number of pyridine rings is 1. The number of hydrogen-bond acceptors (Lipinski definition) is 5. The van der Waals surface area contributed by atoms with Crippen molar-refractivity contribution in [2.75, 3.05) is 5.32 Å². The Labute approximate surface area is 165 Å². The van der Waals surface area contributed by atoms with Crippen LogP contribution in [0.15, 0.2) is 35.4 Å². The number of aromatic nitrogens is 3. The Balaban J connectivity index is 2.11. The minimum absolute atomic E-state index is 0.123. The molecule has 4 N–H and O–H groups in total. The Morgan fingerprint density at radius 1 is 1.14 bits per heavy atom. The molecule has 0 aliphatic heterocycles. The maximum absolute atomic E-state index is 13.6. The maximum atomic E-state index is 13.6. The molecular weight excluding hydrogens is 412 g/mol. The molecule has 7 nitrogen and oxygen atoms in total. The van der Waals surface area contributed by atoms with Crippen LogP contribution in [0.4, 0.5) is 14.6 Å². The molecule has 0 bridgehead atoms. The van der Waals surface area contributed by atoms with Crippen molar-refractivity contribution in [3.8, 4) is 0 Å². The lowest BCUT2D eigenvalue weighted by molar-refractivity contribution is 0.593. The van der Waals surface area contributed by atoms with Gasteiger partial charge in [0.2, 0.25) is 0 Å². The second kappa shape index (κ2) is 7.46. The minimum atomic E-state index is -4.05. The first-order chi connectivity index (χ1) is 13.1. The van der Waals surface area contributed by atoms with Crippen LogP contribution in [-0.2, 0) is 10.0 Å². The Kier molecular flexibility index (Phi) is 5.37. The molecule has 0 saturated heterocycles. The average molecular weight is 428 g/mol. The number of aryl methyl sites for hydroxylation is 2. The van der Waals surface area contributed by atoms with Gasteiger partial charge in [0.05, 0.1) is 16.4 Å². The SMILES string of the molecule is Cc1nc(NC(c2ccc(F)c(Cl)c2)c2nc(S(N)(=O)=O)c(C)[nH]2)ccc1F. The molecule has 0 aliphatic carbocycles. The lowest BCUT2D eigenvalue weighted by Gasteiger charge is -2.18. The van der Waals surface area contributed by atoms with E-state index in [0.717, 1.165) is 0 Å². The van der Waals surface area contributed by atoms with E-state index < -0.39 is 27.7 Å². The number of nitrogens with one attached hydrogen (secondary N) is 2. The highest BCUT2D eigenvalue weighted by molar-refractivity contribution is 7.89. The van der Waals surface area contributed by atoms with Gasteiger partial charge in [-0.25, -0.2) is 32.3 Å². The van der Waals surface area contributed by atoms with Crippen molar-refractivity contribution in [3.05, 3.63) is 69.8 Å². The molecule has 28 heavy (non-hydrogen) atoms. The first-order valence-corrected chi connectivity index (χ1v) is 9.92. The van der Waals surface area contributed by atoms with Crippen LogP contribution in [-0.4, -0.2) is 23.4 Å². The van der Waals surface area contributed by atoms with Crippen molar-refractivity contribution >= 4 is 27.4 Å². The number of nitrogens with zero attached hydrogens (tertiary/aromatic N) is 2. The van der Waals surface area contributed by atoms with Gasteiger partial charge in [-0.2, -0.15) is 0 Å². The van der Waals surface area contributed by atoms with Crippen LogP contribution < -0.4 is 10.5 Å². The summed E-state index contributed by atoms with van der Waals surface area (Å²) in [6, 6.07) is 5.87. The summed E-state index contributed by atoms with van der Waals surface area (Å²) in [6.07, 6.45) is 0. The highest BCUT2D eigenvalue weighted by atomic mass is 35.5. The fourth-order valence-corrected chi connectivity index (χ4v) is 3.55. The van der Waals surface area contributed by atoms with Crippen LogP contribution in [0.3, 0.4) is 0 Å². The maximum Gasteiger partial charge on any atom is 0.257 e. The van der Waals surface area contributed by atoms with E-state index in [4.69, 9.17) is 16.7 Å². The number of anilines is 1. The van der Waals surface area contributed by atoms with Gasteiger partial charge in [0.1, 0.15) is 29.3 Å². The molecule has 1 atom stereocenters. The van der Waals surface area contributed by atoms with E-state index in [9.17, 15) is 17.2 Å². The van der Waals surface area contributed by atoms with E-state index in [1.165, 1.54) is 44.2 Å². The molecule has 2 aromatic heterocycles. The predicted octanol–water partition coefficient (Wildman–Crippen LogP) is 3.20. The van der Waals surface area contributed by atoms with Crippen molar-refractivity contribution in [2.24, 2.45) is 5.14 Å². The first-order valence-electron chi connectivity index (χ1n) is 8.00.